The number of hydrogen-bond donors (Lipinski definition) is 1. The molecule has 0 spiro atoms. The summed E-state index contributed by atoms with van der Waals surface area (Å²) in [5.74, 6) is -0.166. The molecular weight excluding hydrogens is 354 g/mol. The van der Waals surface area contributed by atoms with Gasteiger partial charge in [-0.25, -0.2) is 8.42 Å². The molecule has 0 aromatic heterocycles. The molecule has 1 aromatic carbocycles. The molecule has 0 atom stereocenters. The fraction of sp³-hybridized carbons (Fsp3) is 0.556. The third-order valence-corrected chi connectivity index (χ3v) is 7.05. The Labute approximate surface area is 154 Å². The molecule has 0 saturated carbocycles. The van der Waals surface area contributed by atoms with Crippen LogP contribution in [0.15, 0.2) is 29.2 Å². The van der Waals surface area contributed by atoms with Crippen LogP contribution in [-0.2, 0) is 19.6 Å². The van der Waals surface area contributed by atoms with E-state index in [2.05, 4.69) is 5.32 Å². The first-order valence-electron chi connectivity index (χ1n) is 9.04. The molecular formula is C18H25N3O4S. The molecule has 2 aliphatic rings. The molecule has 7 nitrogen and oxygen atoms in total. The molecule has 3 rings (SSSR count). The van der Waals surface area contributed by atoms with Crippen LogP contribution in [0.2, 0.25) is 0 Å². The number of nitrogens with zero attached hydrogens (tertiary/aromatic N) is 2. The Bertz CT molecular complexity index is 762. The molecule has 0 bridgehead atoms. The lowest BCUT2D eigenvalue weighted by Gasteiger charge is -2.30. The maximum atomic E-state index is 12.5. The van der Waals surface area contributed by atoms with E-state index < -0.39 is 10.0 Å². The first-order valence-corrected chi connectivity index (χ1v) is 10.5. The number of carbonyl (C=O) groups excluding carboxylic acids is 2. The minimum Gasteiger partial charge on any atom is -0.343 e. The third kappa shape index (κ3) is 4.07. The number of likely N-dealkylation sites (tertiary alicyclic amines) is 1. The van der Waals surface area contributed by atoms with E-state index in [1.54, 1.807) is 29.2 Å². The summed E-state index contributed by atoms with van der Waals surface area (Å²) in [4.78, 5) is 25.7. The first kappa shape index (κ1) is 18.8. The molecule has 26 heavy (non-hydrogen) atoms. The molecule has 2 fully saturated rings. The van der Waals surface area contributed by atoms with Crippen LogP contribution in [0.4, 0.5) is 5.69 Å². The molecule has 1 N–H and O–H groups in total. The van der Waals surface area contributed by atoms with Gasteiger partial charge in [-0.1, -0.05) is 0 Å². The summed E-state index contributed by atoms with van der Waals surface area (Å²) in [6.45, 7) is 3.87. The average Bonchev–Trinajstić information content (AvgIpc) is 3.18. The molecule has 0 aliphatic carbocycles. The lowest BCUT2D eigenvalue weighted by molar-refractivity contribution is -0.132. The van der Waals surface area contributed by atoms with E-state index in [-0.39, 0.29) is 22.6 Å². The number of rotatable bonds is 4. The average molecular weight is 379 g/mol. The number of nitrogens with one attached hydrogen (secondary N) is 1. The number of sulfonamides is 1. The fourth-order valence-corrected chi connectivity index (χ4v) is 5.01. The summed E-state index contributed by atoms with van der Waals surface area (Å²) in [6.07, 6.45) is 3.09. The Morgan fingerprint density at radius 2 is 1.58 bits per heavy atom. The lowest BCUT2D eigenvalue weighted by Crippen LogP contribution is -2.40. The van der Waals surface area contributed by atoms with Gasteiger partial charge in [0.05, 0.1) is 4.90 Å². The second kappa shape index (κ2) is 7.75. The van der Waals surface area contributed by atoms with Gasteiger partial charge in [-0.3, -0.25) is 9.59 Å². The summed E-state index contributed by atoms with van der Waals surface area (Å²) in [5, 5.41) is 2.85. The van der Waals surface area contributed by atoms with Gasteiger partial charge in [0.15, 0.2) is 0 Å². The standard InChI is InChI=1S/C18H25N3O4S/c1-14(22)20-12-8-15(9-13-20)18(23)19-16-4-6-17(7-5-16)26(24,25)21-10-2-3-11-21/h4-7,15H,2-3,8-13H2,1H3,(H,19,23). The smallest absolute Gasteiger partial charge is 0.243 e. The Morgan fingerprint density at radius 1 is 1.00 bits per heavy atom. The zero-order chi connectivity index (χ0) is 18.7. The SMILES string of the molecule is CC(=O)N1CCC(C(=O)Nc2ccc(S(=O)(=O)N3CCCC3)cc2)CC1. The minimum absolute atomic E-state index is 0.0404. The largest absolute Gasteiger partial charge is 0.343 e. The maximum absolute atomic E-state index is 12.5. The van der Waals surface area contributed by atoms with Crippen LogP contribution in [0.1, 0.15) is 32.6 Å². The highest BCUT2D eigenvalue weighted by atomic mass is 32.2. The van der Waals surface area contributed by atoms with Crippen LogP contribution < -0.4 is 5.32 Å². The Kier molecular flexibility index (Phi) is 5.62. The van der Waals surface area contributed by atoms with Gasteiger partial charge in [0.25, 0.3) is 0 Å². The van der Waals surface area contributed by atoms with Gasteiger partial charge >= 0.3 is 0 Å². The van der Waals surface area contributed by atoms with Crippen molar-refractivity contribution in [3.63, 3.8) is 0 Å². The van der Waals surface area contributed by atoms with Gasteiger partial charge in [0.1, 0.15) is 0 Å². The first-order chi connectivity index (χ1) is 12.4. The summed E-state index contributed by atoms with van der Waals surface area (Å²) >= 11 is 0. The van der Waals surface area contributed by atoms with E-state index in [1.807, 2.05) is 0 Å². The van der Waals surface area contributed by atoms with Gasteiger partial charge in [-0.05, 0) is 49.9 Å². The summed E-state index contributed by atoms with van der Waals surface area (Å²) in [5.41, 5.74) is 0.587. The predicted molar refractivity (Wildman–Crippen MR) is 98.0 cm³/mol. The van der Waals surface area contributed by atoms with Crippen LogP contribution >= 0.6 is 0 Å². The van der Waals surface area contributed by atoms with Gasteiger partial charge in [-0.2, -0.15) is 4.31 Å². The number of hydrogen-bond acceptors (Lipinski definition) is 4. The highest BCUT2D eigenvalue weighted by molar-refractivity contribution is 7.89. The van der Waals surface area contributed by atoms with Crippen molar-refractivity contribution in [3.8, 4) is 0 Å². The van der Waals surface area contributed by atoms with Crippen molar-refractivity contribution in [2.45, 2.75) is 37.5 Å². The number of carbonyl (C=O) groups is 2. The highest BCUT2D eigenvalue weighted by Gasteiger charge is 2.28. The van der Waals surface area contributed by atoms with Crippen molar-refractivity contribution in [2.24, 2.45) is 5.92 Å². The molecule has 2 heterocycles. The summed E-state index contributed by atoms with van der Waals surface area (Å²) in [7, 11) is -3.44. The van der Waals surface area contributed by atoms with Crippen LogP contribution in [0, 0.1) is 5.92 Å². The van der Waals surface area contributed by atoms with Gasteiger partial charge in [0.2, 0.25) is 21.8 Å². The van der Waals surface area contributed by atoms with Crippen molar-refractivity contribution < 1.29 is 18.0 Å². The van der Waals surface area contributed by atoms with Crippen molar-refractivity contribution in [1.82, 2.24) is 9.21 Å². The van der Waals surface area contributed by atoms with Crippen LogP contribution in [0.5, 0.6) is 0 Å². The quantitative estimate of drug-likeness (QED) is 0.862. The van der Waals surface area contributed by atoms with Crippen LogP contribution in [-0.4, -0.2) is 55.6 Å². The molecule has 2 saturated heterocycles. The highest BCUT2D eigenvalue weighted by Crippen LogP contribution is 2.23. The Hall–Kier alpha value is -1.93. The normalized spacial score (nSPS) is 19.5. The van der Waals surface area contributed by atoms with Crippen LogP contribution in [0.25, 0.3) is 0 Å². The van der Waals surface area contributed by atoms with Gasteiger partial charge in [0, 0.05) is 44.7 Å². The number of anilines is 1. The van der Waals surface area contributed by atoms with E-state index in [1.165, 1.54) is 11.2 Å². The zero-order valence-corrected chi connectivity index (χ0v) is 15.8. The Balaban J connectivity index is 1.59. The van der Waals surface area contributed by atoms with E-state index in [9.17, 15) is 18.0 Å². The van der Waals surface area contributed by atoms with Crippen molar-refractivity contribution >= 4 is 27.5 Å². The third-order valence-electron chi connectivity index (χ3n) is 5.14. The van der Waals surface area contributed by atoms with Crippen LogP contribution in [0.3, 0.4) is 0 Å². The molecule has 142 valence electrons. The molecule has 2 amide bonds. The molecule has 8 heteroatoms. The predicted octanol–water partition coefficient (Wildman–Crippen LogP) is 1.67. The number of piperidine rings is 1. The second-order valence-electron chi connectivity index (χ2n) is 6.91. The van der Waals surface area contributed by atoms with Crippen molar-refractivity contribution in [3.05, 3.63) is 24.3 Å². The number of benzene rings is 1. The molecule has 0 unspecified atom stereocenters. The fourth-order valence-electron chi connectivity index (χ4n) is 3.49. The monoisotopic (exact) mass is 379 g/mol. The number of amides is 2. The summed E-state index contributed by atoms with van der Waals surface area (Å²) in [6, 6.07) is 6.35. The topological polar surface area (TPSA) is 86.8 Å². The summed E-state index contributed by atoms with van der Waals surface area (Å²) < 4.78 is 26.5. The maximum Gasteiger partial charge on any atom is 0.243 e. The van der Waals surface area contributed by atoms with Crippen molar-refractivity contribution in [2.75, 3.05) is 31.5 Å². The lowest BCUT2D eigenvalue weighted by atomic mass is 9.96. The Morgan fingerprint density at radius 3 is 2.12 bits per heavy atom. The van der Waals surface area contributed by atoms with Gasteiger partial charge < -0.3 is 10.2 Å². The molecule has 1 aromatic rings. The van der Waals surface area contributed by atoms with E-state index in [4.69, 9.17) is 0 Å². The minimum atomic E-state index is -3.44. The van der Waals surface area contributed by atoms with Crippen molar-refractivity contribution in [1.29, 1.82) is 0 Å². The van der Waals surface area contributed by atoms with Gasteiger partial charge in [-0.15, -0.1) is 0 Å². The van der Waals surface area contributed by atoms with E-state index in [0.29, 0.717) is 44.7 Å². The van der Waals surface area contributed by atoms with E-state index in [0.717, 1.165) is 12.8 Å². The molecule has 0 radical (unpaired) electrons. The second-order valence-corrected chi connectivity index (χ2v) is 8.84. The zero-order valence-electron chi connectivity index (χ0n) is 15.0. The van der Waals surface area contributed by atoms with E-state index >= 15 is 0 Å². The molecule has 2 aliphatic heterocycles.